The number of nitrogens with zero attached hydrogens (tertiary/aromatic N) is 2. The molecule has 180 valence electrons. The first kappa shape index (κ1) is 24.6. The van der Waals surface area contributed by atoms with E-state index in [0.29, 0.717) is 5.56 Å². The molecule has 0 radical (unpaired) electrons. The van der Waals surface area contributed by atoms with E-state index in [-0.39, 0.29) is 37.7 Å². The lowest BCUT2D eigenvalue weighted by molar-refractivity contribution is -0.166. The maximum atomic E-state index is 13.3. The summed E-state index contributed by atoms with van der Waals surface area (Å²) in [5.74, 6) is -3.83. The lowest BCUT2D eigenvalue weighted by Crippen LogP contribution is -2.62. The van der Waals surface area contributed by atoms with Gasteiger partial charge in [0.05, 0.1) is 19.1 Å². The SMILES string of the molecule is O=C[C@H](CC(=O)O)NC(=O)[C@@H]1CC=CN2C(=O)CC[C@H](NC(=O)c3ccc(CO)cc3)C(=O)N12. The molecule has 4 N–H and O–H groups in total. The van der Waals surface area contributed by atoms with Crippen molar-refractivity contribution in [2.24, 2.45) is 0 Å². The van der Waals surface area contributed by atoms with E-state index in [2.05, 4.69) is 10.6 Å². The van der Waals surface area contributed by atoms with E-state index < -0.39 is 54.1 Å². The molecule has 2 aliphatic heterocycles. The zero-order valence-corrected chi connectivity index (χ0v) is 18.0. The Kier molecular flexibility index (Phi) is 7.74. The zero-order chi connectivity index (χ0) is 24.8. The molecule has 0 aromatic heterocycles. The lowest BCUT2D eigenvalue weighted by atomic mass is 10.1. The van der Waals surface area contributed by atoms with Crippen molar-refractivity contribution in [3.63, 3.8) is 0 Å². The highest BCUT2D eigenvalue weighted by atomic mass is 16.4. The molecule has 2 heterocycles. The van der Waals surface area contributed by atoms with E-state index in [1.807, 2.05) is 0 Å². The molecule has 1 aromatic carbocycles. The number of aliphatic hydroxyl groups excluding tert-OH is 1. The second-order valence-electron chi connectivity index (χ2n) is 7.83. The predicted octanol–water partition coefficient (Wildman–Crippen LogP) is -0.912. The summed E-state index contributed by atoms with van der Waals surface area (Å²) in [4.78, 5) is 73.6. The van der Waals surface area contributed by atoms with Crippen LogP contribution in [0.3, 0.4) is 0 Å². The lowest BCUT2D eigenvalue weighted by Gasteiger charge is -2.39. The summed E-state index contributed by atoms with van der Waals surface area (Å²) in [6, 6.07) is 2.46. The van der Waals surface area contributed by atoms with Gasteiger partial charge in [0.1, 0.15) is 18.4 Å². The van der Waals surface area contributed by atoms with Crippen molar-refractivity contribution in [1.29, 1.82) is 0 Å². The van der Waals surface area contributed by atoms with Crippen LogP contribution in [0, 0.1) is 0 Å². The molecule has 12 heteroatoms. The Morgan fingerprint density at radius 1 is 1.18 bits per heavy atom. The number of rotatable bonds is 8. The molecular weight excluding hydrogens is 448 g/mol. The van der Waals surface area contributed by atoms with Crippen LogP contribution in [0.1, 0.15) is 41.6 Å². The Hall–Kier alpha value is -4.06. The summed E-state index contributed by atoms with van der Waals surface area (Å²) < 4.78 is 0. The molecule has 4 amide bonds. The highest BCUT2D eigenvalue weighted by Gasteiger charge is 2.43. The van der Waals surface area contributed by atoms with Crippen molar-refractivity contribution in [2.75, 3.05) is 0 Å². The molecule has 0 aliphatic carbocycles. The quantitative estimate of drug-likeness (QED) is 0.352. The Morgan fingerprint density at radius 2 is 1.88 bits per heavy atom. The van der Waals surface area contributed by atoms with Gasteiger partial charge in [-0.25, -0.2) is 10.0 Å². The minimum absolute atomic E-state index is 0.00326. The first-order chi connectivity index (χ1) is 16.2. The molecule has 0 bridgehead atoms. The molecule has 2 aliphatic rings. The fraction of sp³-hybridized carbons (Fsp3) is 0.364. The second kappa shape index (κ2) is 10.7. The van der Waals surface area contributed by atoms with E-state index in [9.17, 15) is 28.8 Å². The number of amides is 4. The number of hydrogen-bond acceptors (Lipinski definition) is 7. The Morgan fingerprint density at radius 3 is 2.50 bits per heavy atom. The Labute approximate surface area is 194 Å². The van der Waals surface area contributed by atoms with Crippen LogP contribution in [0.2, 0.25) is 0 Å². The molecule has 3 atom stereocenters. The van der Waals surface area contributed by atoms with Gasteiger partial charge in [-0.2, -0.15) is 0 Å². The van der Waals surface area contributed by atoms with Gasteiger partial charge in [0.15, 0.2) is 0 Å². The monoisotopic (exact) mass is 472 g/mol. The first-order valence-corrected chi connectivity index (χ1v) is 10.5. The number of carbonyl (C=O) groups excluding carboxylic acids is 5. The summed E-state index contributed by atoms with van der Waals surface area (Å²) >= 11 is 0. The van der Waals surface area contributed by atoms with Gasteiger partial charge in [0.25, 0.3) is 11.8 Å². The van der Waals surface area contributed by atoms with E-state index in [0.717, 1.165) is 10.0 Å². The topological polar surface area (TPSA) is 173 Å². The maximum absolute atomic E-state index is 13.3. The maximum Gasteiger partial charge on any atom is 0.305 e. The van der Waals surface area contributed by atoms with Crippen LogP contribution in [0.5, 0.6) is 0 Å². The van der Waals surface area contributed by atoms with Crippen molar-refractivity contribution < 1.29 is 39.0 Å². The smallest absolute Gasteiger partial charge is 0.305 e. The van der Waals surface area contributed by atoms with Crippen molar-refractivity contribution >= 4 is 35.9 Å². The number of carboxylic acids is 1. The number of fused-ring (bicyclic) bond motifs is 1. The summed E-state index contributed by atoms with van der Waals surface area (Å²) in [5, 5.41) is 24.9. The predicted molar refractivity (Wildman–Crippen MR) is 114 cm³/mol. The molecule has 12 nitrogen and oxygen atoms in total. The molecule has 3 rings (SSSR count). The highest BCUT2D eigenvalue weighted by molar-refractivity contribution is 6.00. The van der Waals surface area contributed by atoms with Gasteiger partial charge in [-0.3, -0.25) is 24.0 Å². The number of aliphatic hydroxyl groups is 1. The van der Waals surface area contributed by atoms with Crippen LogP contribution in [-0.2, 0) is 30.6 Å². The van der Waals surface area contributed by atoms with E-state index in [1.165, 1.54) is 24.4 Å². The average molecular weight is 472 g/mol. The molecule has 34 heavy (non-hydrogen) atoms. The fourth-order valence-electron chi connectivity index (χ4n) is 3.70. The Balaban J connectivity index is 1.80. The number of aldehydes is 1. The van der Waals surface area contributed by atoms with Gasteiger partial charge in [0, 0.05) is 18.2 Å². The highest BCUT2D eigenvalue weighted by Crippen LogP contribution is 2.24. The summed E-state index contributed by atoms with van der Waals surface area (Å²) in [6.45, 7) is -0.190. The first-order valence-electron chi connectivity index (χ1n) is 10.5. The normalized spacial score (nSPS) is 20.7. The van der Waals surface area contributed by atoms with E-state index >= 15 is 0 Å². The summed E-state index contributed by atoms with van der Waals surface area (Å²) in [7, 11) is 0. The number of carbonyl (C=O) groups is 6. The van der Waals surface area contributed by atoms with Crippen molar-refractivity contribution in [1.82, 2.24) is 20.7 Å². The molecule has 0 saturated carbocycles. The Bertz CT molecular complexity index is 1020. The van der Waals surface area contributed by atoms with Crippen LogP contribution >= 0.6 is 0 Å². The van der Waals surface area contributed by atoms with Crippen molar-refractivity contribution in [2.45, 2.75) is 50.4 Å². The third-order valence-corrected chi connectivity index (χ3v) is 5.45. The number of nitrogens with one attached hydrogen (secondary N) is 2. The van der Waals surface area contributed by atoms with Crippen molar-refractivity contribution in [3.8, 4) is 0 Å². The van der Waals surface area contributed by atoms with Crippen LogP contribution < -0.4 is 10.6 Å². The average Bonchev–Trinajstić information content (AvgIpc) is 2.95. The molecule has 0 spiro atoms. The minimum Gasteiger partial charge on any atom is -0.481 e. The van der Waals surface area contributed by atoms with Gasteiger partial charge >= 0.3 is 5.97 Å². The number of benzene rings is 1. The minimum atomic E-state index is -1.31. The summed E-state index contributed by atoms with van der Waals surface area (Å²) in [6.07, 6.45) is 2.46. The number of carboxylic acid groups (broad SMARTS) is 1. The van der Waals surface area contributed by atoms with Crippen LogP contribution in [-0.4, -0.2) is 74.2 Å². The van der Waals surface area contributed by atoms with E-state index in [4.69, 9.17) is 10.2 Å². The van der Waals surface area contributed by atoms with Gasteiger partial charge < -0.3 is 25.6 Å². The molecule has 1 saturated heterocycles. The third kappa shape index (κ3) is 5.46. The second-order valence-corrected chi connectivity index (χ2v) is 7.83. The third-order valence-electron chi connectivity index (χ3n) is 5.45. The number of hydrazine groups is 1. The number of aliphatic carboxylic acids is 1. The fourth-order valence-corrected chi connectivity index (χ4v) is 3.70. The molecule has 1 fully saturated rings. The van der Waals surface area contributed by atoms with E-state index in [1.54, 1.807) is 12.1 Å². The standard InChI is InChI=1S/C22H24N4O8/c27-11-13-3-5-14(6-4-13)20(32)24-16-7-8-18(29)25-9-1-2-17(26(25)22(16)34)21(33)23-15(12-28)10-19(30)31/h1,3-6,9,12,15-17,27H,2,7-8,10-11H2,(H,23,33)(H,24,32)(H,30,31)/t15-,16-,17-/m0/s1. The van der Waals surface area contributed by atoms with Crippen LogP contribution in [0.15, 0.2) is 36.5 Å². The number of hydrogen-bond donors (Lipinski definition) is 4. The van der Waals surface area contributed by atoms with Gasteiger partial charge in [-0.15, -0.1) is 0 Å². The van der Waals surface area contributed by atoms with Crippen molar-refractivity contribution in [3.05, 3.63) is 47.7 Å². The van der Waals surface area contributed by atoms with Gasteiger partial charge in [-0.1, -0.05) is 18.2 Å². The summed E-state index contributed by atoms with van der Waals surface area (Å²) in [5.41, 5.74) is 0.849. The van der Waals surface area contributed by atoms with Crippen LogP contribution in [0.25, 0.3) is 0 Å². The zero-order valence-electron chi connectivity index (χ0n) is 18.0. The van der Waals surface area contributed by atoms with Crippen LogP contribution in [0.4, 0.5) is 0 Å². The largest absolute Gasteiger partial charge is 0.481 e. The van der Waals surface area contributed by atoms with Gasteiger partial charge in [0.2, 0.25) is 11.8 Å². The van der Waals surface area contributed by atoms with Gasteiger partial charge in [-0.05, 0) is 30.5 Å². The molecule has 1 aromatic rings. The molecular formula is C22H24N4O8. The molecule has 0 unspecified atom stereocenters.